The lowest BCUT2D eigenvalue weighted by atomic mass is 10.0. The summed E-state index contributed by atoms with van der Waals surface area (Å²) in [6.45, 7) is 5.17. The van der Waals surface area contributed by atoms with Crippen molar-refractivity contribution >= 4 is 5.69 Å². The molecule has 6 heteroatoms. The number of hydrogen-bond acceptors (Lipinski definition) is 3. The maximum atomic E-state index is 13.0. The van der Waals surface area contributed by atoms with Crippen LogP contribution in [0, 0.1) is 0 Å². The highest BCUT2D eigenvalue weighted by atomic mass is 19.4. The lowest BCUT2D eigenvalue weighted by Crippen LogP contribution is -2.34. The van der Waals surface area contributed by atoms with E-state index in [1.807, 2.05) is 18.7 Å². The Hall–Kier alpha value is -1.27. The summed E-state index contributed by atoms with van der Waals surface area (Å²) in [4.78, 5) is 1.93. The number of nitrogen functional groups attached to an aromatic ring is 1. The number of ether oxygens (including phenoxy) is 1. The second kappa shape index (κ2) is 6.95. The van der Waals surface area contributed by atoms with Gasteiger partial charge in [-0.05, 0) is 31.5 Å². The highest BCUT2D eigenvalue weighted by molar-refractivity contribution is 5.46. The smallest absolute Gasteiger partial charge is 0.399 e. The van der Waals surface area contributed by atoms with E-state index in [1.165, 1.54) is 12.1 Å². The zero-order valence-corrected chi connectivity index (χ0v) is 12.0. The normalized spacial score (nSPS) is 12.4. The average molecular weight is 290 g/mol. The first-order valence-corrected chi connectivity index (χ1v) is 6.44. The van der Waals surface area contributed by atoms with Crippen molar-refractivity contribution in [3.8, 4) is 0 Å². The molecule has 1 aromatic rings. The molecule has 0 radical (unpaired) electrons. The van der Waals surface area contributed by atoms with Crippen LogP contribution in [0.15, 0.2) is 18.2 Å². The van der Waals surface area contributed by atoms with Crippen LogP contribution in [0.4, 0.5) is 18.9 Å². The van der Waals surface area contributed by atoms with Crippen LogP contribution < -0.4 is 5.73 Å². The van der Waals surface area contributed by atoms with Crippen molar-refractivity contribution in [2.45, 2.75) is 32.6 Å². The number of hydrogen-bond donors (Lipinski definition) is 1. The van der Waals surface area contributed by atoms with E-state index < -0.39 is 11.7 Å². The Labute approximate surface area is 117 Å². The molecule has 0 aliphatic heterocycles. The molecule has 0 amide bonds. The van der Waals surface area contributed by atoms with Crippen molar-refractivity contribution in [3.05, 3.63) is 29.3 Å². The van der Waals surface area contributed by atoms with Gasteiger partial charge in [0.25, 0.3) is 0 Å². The minimum Gasteiger partial charge on any atom is -0.399 e. The lowest BCUT2D eigenvalue weighted by molar-refractivity contribution is -0.138. The summed E-state index contributed by atoms with van der Waals surface area (Å²) in [5.41, 5.74) is 5.15. The fourth-order valence-electron chi connectivity index (χ4n) is 1.94. The number of anilines is 1. The molecule has 0 saturated carbocycles. The van der Waals surface area contributed by atoms with Gasteiger partial charge in [0.2, 0.25) is 0 Å². The average Bonchev–Trinajstić information content (AvgIpc) is 2.34. The van der Waals surface area contributed by atoms with Gasteiger partial charge in [-0.2, -0.15) is 13.2 Å². The molecular formula is C14H21F3N2O. The van der Waals surface area contributed by atoms with Gasteiger partial charge in [-0.1, -0.05) is 6.07 Å². The molecule has 114 valence electrons. The van der Waals surface area contributed by atoms with E-state index in [1.54, 1.807) is 7.11 Å². The third kappa shape index (κ3) is 4.68. The predicted octanol–water partition coefficient (Wildman–Crippen LogP) is 3.14. The summed E-state index contributed by atoms with van der Waals surface area (Å²) in [5.74, 6) is 0. The molecule has 0 spiro atoms. The maximum Gasteiger partial charge on any atom is 0.416 e. The Morgan fingerprint density at radius 2 is 1.95 bits per heavy atom. The minimum absolute atomic E-state index is 0.120. The molecule has 1 rings (SSSR count). The number of methoxy groups -OCH3 is 1. The fourth-order valence-corrected chi connectivity index (χ4v) is 1.94. The highest BCUT2D eigenvalue weighted by Crippen LogP contribution is 2.34. The topological polar surface area (TPSA) is 38.5 Å². The summed E-state index contributed by atoms with van der Waals surface area (Å²) in [6, 6.07) is 4.06. The molecule has 0 saturated heterocycles. The van der Waals surface area contributed by atoms with Gasteiger partial charge in [0, 0.05) is 31.9 Å². The van der Waals surface area contributed by atoms with Gasteiger partial charge in [0.15, 0.2) is 0 Å². The van der Waals surface area contributed by atoms with Crippen LogP contribution in [-0.2, 0) is 17.5 Å². The van der Waals surface area contributed by atoms with Crippen molar-refractivity contribution in [1.29, 1.82) is 0 Å². The number of halogens is 3. The van der Waals surface area contributed by atoms with Crippen LogP contribution in [0.3, 0.4) is 0 Å². The zero-order valence-electron chi connectivity index (χ0n) is 12.0. The number of alkyl halides is 3. The molecule has 0 aliphatic carbocycles. The van der Waals surface area contributed by atoms with Crippen LogP contribution in [-0.4, -0.2) is 31.2 Å². The van der Waals surface area contributed by atoms with E-state index >= 15 is 0 Å². The van der Waals surface area contributed by atoms with E-state index in [4.69, 9.17) is 10.5 Å². The summed E-state index contributed by atoms with van der Waals surface area (Å²) < 4.78 is 44.1. The number of nitrogens with two attached hydrogens (primary N) is 1. The van der Waals surface area contributed by atoms with Gasteiger partial charge < -0.3 is 10.5 Å². The van der Waals surface area contributed by atoms with E-state index in [0.717, 1.165) is 6.07 Å². The molecule has 3 nitrogen and oxygen atoms in total. The predicted molar refractivity (Wildman–Crippen MR) is 73.3 cm³/mol. The van der Waals surface area contributed by atoms with Crippen LogP contribution >= 0.6 is 0 Å². The highest BCUT2D eigenvalue weighted by Gasteiger charge is 2.33. The van der Waals surface area contributed by atoms with Crippen LogP contribution in [0.5, 0.6) is 0 Å². The van der Waals surface area contributed by atoms with Crippen molar-refractivity contribution < 1.29 is 17.9 Å². The van der Waals surface area contributed by atoms with Gasteiger partial charge in [0.05, 0.1) is 12.2 Å². The summed E-state index contributed by atoms with van der Waals surface area (Å²) >= 11 is 0. The number of benzene rings is 1. The molecule has 1 aromatic carbocycles. The van der Waals surface area contributed by atoms with E-state index in [-0.39, 0.29) is 23.8 Å². The third-order valence-corrected chi connectivity index (χ3v) is 3.13. The third-order valence-electron chi connectivity index (χ3n) is 3.13. The van der Waals surface area contributed by atoms with E-state index in [0.29, 0.717) is 13.2 Å². The summed E-state index contributed by atoms with van der Waals surface area (Å²) in [5, 5.41) is 0. The fraction of sp³-hybridized carbons (Fsp3) is 0.571. The minimum atomic E-state index is -4.39. The molecule has 0 heterocycles. The Bertz CT molecular complexity index is 433. The SMILES string of the molecule is COCCN(Cc1ccc(N)cc1C(F)(F)F)C(C)C. The Balaban J connectivity index is 3.00. The van der Waals surface area contributed by atoms with Crippen LogP contribution in [0.25, 0.3) is 0 Å². The zero-order chi connectivity index (χ0) is 15.3. The Morgan fingerprint density at radius 3 is 2.45 bits per heavy atom. The summed E-state index contributed by atoms with van der Waals surface area (Å²) in [7, 11) is 1.57. The molecule has 0 aromatic heterocycles. The monoisotopic (exact) mass is 290 g/mol. The lowest BCUT2D eigenvalue weighted by Gasteiger charge is -2.27. The maximum absolute atomic E-state index is 13.0. The molecule has 20 heavy (non-hydrogen) atoms. The van der Waals surface area contributed by atoms with Crippen molar-refractivity contribution in [2.24, 2.45) is 0 Å². The van der Waals surface area contributed by atoms with Crippen LogP contribution in [0.1, 0.15) is 25.0 Å². The molecule has 0 bridgehead atoms. The quantitative estimate of drug-likeness (QED) is 0.818. The molecular weight excluding hydrogens is 269 g/mol. The molecule has 2 N–H and O–H groups in total. The first kappa shape index (κ1) is 16.8. The summed E-state index contributed by atoms with van der Waals surface area (Å²) in [6.07, 6.45) is -4.39. The molecule has 0 unspecified atom stereocenters. The second-order valence-electron chi connectivity index (χ2n) is 4.97. The van der Waals surface area contributed by atoms with Gasteiger partial charge in [-0.25, -0.2) is 0 Å². The largest absolute Gasteiger partial charge is 0.416 e. The van der Waals surface area contributed by atoms with Gasteiger partial charge in [0.1, 0.15) is 0 Å². The van der Waals surface area contributed by atoms with E-state index in [2.05, 4.69) is 0 Å². The first-order valence-electron chi connectivity index (χ1n) is 6.44. The molecule has 0 fully saturated rings. The van der Waals surface area contributed by atoms with Gasteiger partial charge in [-0.3, -0.25) is 4.90 Å². The Morgan fingerprint density at radius 1 is 1.30 bits per heavy atom. The van der Waals surface area contributed by atoms with Crippen molar-refractivity contribution in [3.63, 3.8) is 0 Å². The van der Waals surface area contributed by atoms with Crippen molar-refractivity contribution in [2.75, 3.05) is 26.0 Å². The molecule has 0 aliphatic rings. The molecule has 0 atom stereocenters. The van der Waals surface area contributed by atoms with Gasteiger partial charge >= 0.3 is 6.18 Å². The number of rotatable bonds is 6. The first-order chi connectivity index (χ1) is 9.25. The second-order valence-corrected chi connectivity index (χ2v) is 4.97. The Kier molecular flexibility index (Phi) is 5.83. The van der Waals surface area contributed by atoms with Crippen LogP contribution in [0.2, 0.25) is 0 Å². The standard InChI is InChI=1S/C14H21F3N2O/c1-10(2)19(6-7-20-3)9-11-4-5-12(18)8-13(11)14(15,16)17/h4-5,8,10H,6-7,9,18H2,1-3H3. The van der Waals surface area contributed by atoms with E-state index in [9.17, 15) is 13.2 Å². The van der Waals surface area contributed by atoms with Crippen molar-refractivity contribution in [1.82, 2.24) is 4.90 Å². The number of nitrogens with zero attached hydrogens (tertiary/aromatic N) is 1. The van der Waals surface area contributed by atoms with Gasteiger partial charge in [-0.15, -0.1) is 0 Å².